The van der Waals surface area contributed by atoms with Crippen LogP contribution in [0, 0.1) is 5.92 Å². The van der Waals surface area contributed by atoms with E-state index in [0.717, 1.165) is 25.1 Å². The van der Waals surface area contributed by atoms with Gasteiger partial charge in [-0.05, 0) is 18.8 Å². The van der Waals surface area contributed by atoms with Crippen molar-refractivity contribution < 1.29 is 4.79 Å². The number of nitrogens with two attached hydrogens (primary N) is 1. The normalized spacial score (nSPS) is 21.3. The molecule has 5 nitrogen and oxygen atoms in total. The average molecular weight is 250 g/mol. The van der Waals surface area contributed by atoms with Gasteiger partial charge in [0.25, 0.3) is 0 Å². The van der Waals surface area contributed by atoms with Crippen molar-refractivity contribution in [1.29, 1.82) is 0 Å². The van der Waals surface area contributed by atoms with Crippen molar-refractivity contribution in [1.82, 2.24) is 14.7 Å². The number of likely N-dealkylation sites (tertiary alicyclic amines) is 1. The highest BCUT2D eigenvalue weighted by Gasteiger charge is 2.29. The van der Waals surface area contributed by atoms with Gasteiger partial charge in [-0.25, -0.2) is 0 Å². The number of hydrogen-bond acceptors (Lipinski definition) is 3. The maximum atomic E-state index is 12.3. The zero-order valence-corrected chi connectivity index (χ0v) is 11.2. The number of rotatable bonds is 4. The summed E-state index contributed by atoms with van der Waals surface area (Å²) in [5.41, 5.74) is 6.80. The summed E-state index contributed by atoms with van der Waals surface area (Å²) in [6.07, 6.45) is 6.97. The fraction of sp³-hybridized carbons (Fsp3) is 0.692. The van der Waals surface area contributed by atoms with Crippen LogP contribution < -0.4 is 5.73 Å². The summed E-state index contributed by atoms with van der Waals surface area (Å²) < 4.78 is 1.67. The van der Waals surface area contributed by atoms with E-state index < -0.39 is 6.04 Å². The van der Waals surface area contributed by atoms with Gasteiger partial charge in [0.05, 0.1) is 6.20 Å². The molecule has 2 rings (SSSR count). The molecule has 1 fully saturated rings. The number of carbonyl (C=O) groups is 1. The number of carbonyl (C=O) groups excluding carboxylic acids is 1. The number of aromatic nitrogens is 2. The first-order valence-electron chi connectivity index (χ1n) is 6.64. The summed E-state index contributed by atoms with van der Waals surface area (Å²) in [5, 5.41) is 4.06. The Morgan fingerprint density at radius 3 is 3.06 bits per heavy atom. The third kappa shape index (κ3) is 2.72. The van der Waals surface area contributed by atoms with E-state index in [2.05, 4.69) is 12.0 Å². The van der Waals surface area contributed by atoms with Crippen LogP contribution in [0.2, 0.25) is 0 Å². The van der Waals surface area contributed by atoms with E-state index in [1.54, 1.807) is 10.9 Å². The maximum Gasteiger partial charge on any atom is 0.244 e. The number of aryl methyl sites for hydroxylation is 1. The first-order valence-corrected chi connectivity index (χ1v) is 6.64. The Hall–Kier alpha value is -1.36. The van der Waals surface area contributed by atoms with Gasteiger partial charge in [-0.1, -0.05) is 13.3 Å². The largest absolute Gasteiger partial charge is 0.341 e. The molecule has 1 saturated heterocycles. The number of nitrogens with zero attached hydrogens (tertiary/aromatic N) is 3. The Kier molecular flexibility index (Phi) is 4.01. The summed E-state index contributed by atoms with van der Waals surface area (Å²) >= 11 is 0. The predicted octanol–water partition coefficient (Wildman–Crippen LogP) is 1.07. The highest BCUT2D eigenvalue weighted by molar-refractivity contribution is 5.83. The molecule has 2 unspecified atom stereocenters. The van der Waals surface area contributed by atoms with Gasteiger partial charge in [-0.3, -0.25) is 9.48 Å². The van der Waals surface area contributed by atoms with Crippen molar-refractivity contribution in [3.05, 3.63) is 18.0 Å². The molecule has 2 N–H and O–H groups in total. The van der Waals surface area contributed by atoms with Gasteiger partial charge in [0, 0.05) is 31.9 Å². The molecule has 0 radical (unpaired) electrons. The number of hydrogen-bond donors (Lipinski definition) is 1. The quantitative estimate of drug-likeness (QED) is 0.869. The zero-order chi connectivity index (χ0) is 13.1. The van der Waals surface area contributed by atoms with E-state index in [4.69, 9.17) is 5.73 Å². The Balaban J connectivity index is 1.95. The van der Waals surface area contributed by atoms with E-state index in [-0.39, 0.29) is 5.91 Å². The third-order valence-corrected chi connectivity index (χ3v) is 3.64. The second-order valence-electron chi connectivity index (χ2n) is 5.15. The standard InChI is InChI=1S/C13H22N4O/c1-3-4-10-5-6-17(8-10)13(18)12(14)11-7-15-16(2)9-11/h7,9-10,12H,3-6,8,14H2,1-2H3. The second kappa shape index (κ2) is 5.52. The maximum absolute atomic E-state index is 12.3. The molecule has 0 spiro atoms. The number of amides is 1. The predicted molar refractivity (Wildman–Crippen MR) is 69.7 cm³/mol. The molecule has 0 saturated carbocycles. The Morgan fingerprint density at radius 2 is 2.44 bits per heavy atom. The minimum atomic E-state index is -0.570. The fourth-order valence-electron chi connectivity index (χ4n) is 2.62. The lowest BCUT2D eigenvalue weighted by molar-refractivity contribution is -0.131. The van der Waals surface area contributed by atoms with Crippen LogP contribution >= 0.6 is 0 Å². The lowest BCUT2D eigenvalue weighted by Gasteiger charge is -2.20. The van der Waals surface area contributed by atoms with Crippen LogP contribution in [0.5, 0.6) is 0 Å². The molecule has 1 aromatic rings. The molecule has 2 atom stereocenters. The molecule has 18 heavy (non-hydrogen) atoms. The van der Waals surface area contributed by atoms with Crippen LogP contribution in [0.25, 0.3) is 0 Å². The molecule has 0 aromatic carbocycles. The van der Waals surface area contributed by atoms with Crippen molar-refractivity contribution >= 4 is 5.91 Å². The molecule has 0 bridgehead atoms. The van der Waals surface area contributed by atoms with Crippen LogP contribution in [0.1, 0.15) is 37.8 Å². The SMILES string of the molecule is CCCC1CCN(C(=O)C(N)c2cnn(C)c2)C1. The van der Waals surface area contributed by atoms with Crippen molar-refractivity contribution in [2.75, 3.05) is 13.1 Å². The van der Waals surface area contributed by atoms with E-state index in [1.807, 2.05) is 18.1 Å². The van der Waals surface area contributed by atoms with Gasteiger partial charge in [-0.2, -0.15) is 5.10 Å². The van der Waals surface area contributed by atoms with Crippen molar-refractivity contribution in [3.8, 4) is 0 Å². The molecule has 1 aromatic heterocycles. The molecule has 100 valence electrons. The molecular formula is C13H22N4O. The summed E-state index contributed by atoms with van der Waals surface area (Å²) in [6, 6.07) is -0.570. The van der Waals surface area contributed by atoms with E-state index in [9.17, 15) is 4.79 Å². The van der Waals surface area contributed by atoms with E-state index >= 15 is 0 Å². The molecule has 0 aliphatic carbocycles. The van der Waals surface area contributed by atoms with E-state index in [1.165, 1.54) is 12.8 Å². The molecular weight excluding hydrogens is 228 g/mol. The second-order valence-corrected chi connectivity index (χ2v) is 5.15. The molecule has 1 amide bonds. The van der Waals surface area contributed by atoms with Gasteiger partial charge in [-0.15, -0.1) is 0 Å². The molecule has 5 heteroatoms. The van der Waals surface area contributed by atoms with Gasteiger partial charge >= 0.3 is 0 Å². The smallest absolute Gasteiger partial charge is 0.244 e. The summed E-state index contributed by atoms with van der Waals surface area (Å²) in [7, 11) is 1.83. The van der Waals surface area contributed by atoms with Gasteiger partial charge in [0.1, 0.15) is 6.04 Å². The highest BCUT2D eigenvalue weighted by atomic mass is 16.2. The van der Waals surface area contributed by atoms with Crippen LogP contribution in [0.15, 0.2) is 12.4 Å². The van der Waals surface area contributed by atoms with Crippen LogP contribution in [-0.2, 0) is 11.8 Å². The zero-order valence-electron chi connectivity index (χ0n) is 11.2. The average Bonchev–Trinajstić information content (AvgIpc) is 2.97. The van der Waals surface area contributed by atoms with Gasteiger partial charge in [0.2, 0.25) is 5.91 Å². The van der Waals surface area contributed by atoms with Gasteiger partial charge < -0.3 is 10.6 Å². The van der Waals surface area contributed by atoms with Crippen molar-refractivity contribution in [2.24, 2.45) is 18.7 Å². The summed E-state index contributed by atoms with van der Waals surface area (Å²) in [6.45, 7) is 3.89. The summed E-state index contributed by atoms with van der Waals surface area (Å²) in [5.74, 6) is 0.682. The first-order chi connectivity index (χ1) is 8.61. The van der Waals surface area contributed by atoms with Crippen LogP contribution in [0.4, 0.5) is 0 Å². The molecule has 2 heterocycles. The van der Waals surface area contributed by atoms with Crippen molar-refractivity contribution in [3.63, 3.8) is 0 Å². The molecule has 1 aliphatic rings. The van der Waals surface area contributed by atoms with E-state index in [0.29, 0.717) is 5.92 Å². The topological polar surface area (TPSA) is 64.2 Å². The minimum absolute atomic E-state index is 0.0293. The van der Waals surface area contributed by atoms with Crippen LogP contribution in [-0.4, -0.2) is 33.7 Å². The fourth-order valence-corrected chi connectivity index (χ4v) is 2.62. The first kappa shape index (κ1) is 13.1. The minimum Gasteiger partial charge on any atom is -0.341 e. The lowest BCUT2D eigenvalue weighted by Crippen LogP contribution is -2.37. The Bertz CT molecular complexity index is 415. The Labute approximate surface area is 108 Å². The Morgan fingerprint density at radius 1 is 1.67 bits per heavy atom. The third-order valence-electron chi connectivity index (χ3n) is 3.64. The molecule has 1 aliphatic heterocycles. The monoisotopic (exact) mass is 250 g/mol. The van der Waals surface area contributed by atoms with Crippen LogP contribution in [0.3, 0.4) is 0 Å². The highest BCUT2D eigenvalue weighted by Crippen LogP contribution is 2.23. The lowest BCUT2D eigenvalue weighted by atomic mass is 10.0. The van der Waals surface area contributed by atoms with Crippen molar-refractivity contribution in [2.45, 2.75) is 32.2 Å². The summed E-state index contributed by atoms with van der Waals surface area (Å²) in [4.78, 5) is 14.2. The van der Waals surface area contributed by atoms with Gasteiger partial charge in [0.15, 0.2) is 0 Å².